The number of benzene rings is 2. The molecule has 2 aromatic carbocycles. The molecule has 0 bridgehead atoms. The summed E-state index contributed by atoms with van der Waals surface area (Å²) in [6.07, 6.45) is 1.66. The van der Waals surface area contributed by atoms with Crippen LogP contribution in [0.25, 0.3) is 0 Å². The predicted octanol–water partition coefficient (Wildman–Crippen LogP) is 4.58. The number of aliphatic hydroxyl groups excluding tert-OH is 1. The standard InChI is InChI=1S/C19H22Cl2FNO3/c1-25-18-8-14(11-23-6-2-3-7-24)17(21)10-19(18)26-12-13-4-5-15(22)9-16(13)20/h4-5,8-10,23-24H,2-3,6-7,11-12H2,1H3. The lowest BCUT2D eigenvalue weighted by Crippen LogP contribution is -2.15. The van der Waals surface area contributed by atoms with Crippen molar-refractivity contribution in [1.29, 1.82) is 0 Å². The fraction of sp³-hybridized carbons (Fsp3) is 0.368. The summed E-state index contributed by atoms with van der Waals surface area (Å²) in [5, 5.41) is 12.9. The molecular weight excluding hydrogens is 380 g/mol. The molecule has 4 nitrogen and oxygen atoms in total. The molecule has 0 unspecified atom stereocenters. The third kappa shape index (κ3) is 6.02. The molecule has 0 radical (unpaired) electrons. The van der Waals surface area contributed by atoms with Crippen molar-refractivity contribution in [3.63, 3.8) is 0 Å². The van der Waals surface area contributed by atoms with Crippen LogP contribution in [0.5, 0.6) is 11.5 Å². The zero-order valence-corrected chi connectivity index (χ0v) is 16.0. The minimum absolute atomic E-state index is 0.171. The second-order valence-electron chi connectivity index (χ2n) is 5.73. The fourth-order valence-corrected chi connectivity index (χ4v) is 2.81. The van der Waals surface area contributed by atoms with Gasteiger partial charge in [0, 0.05) is 29.8 Å². The van der Waals surface area contributed by atoms with Gasteiger partial charge >= 0.3 is 0 Å². The molecular formula is C19H22Cl2FNO3. The van der Waals surface area contributed by atoms with Crippen molar-refractivity contribution in [2.24, 2.45) is 0 Å². The summed E-state index contributed by atoms with van der Waals surface area (Å²) in [6, 6.07) is 7.68. The highest BCUT2D eigenvalue weighted by atomic mass is 35.5. The topological polar surface area (TPSA) is 50.7 Å². The normalized spacial score (nSPS) is 10.8. The number of hydrogen-bond donors (Lipinski definition) is 2. The average molecular weight is 402 g/mol. The lowest BCUT2D eigenvalue weighted by Gasteiger charge is -2.15. The highest BCUT2D eigenvalue weighted by molar-refractivity contribution is 6.31. The summed E-state index contributed by atoms with van der Waals surface area (Å²) in [6.45, 7) is 1.75. The lowest BCUT2D eigenvalue weighted by atomic mass is 10.2. The first-order chi connectivity index (χ1) is 12.5. The number of ether oxygens (including phenoxy) is 2. The van der Waals surface area contributed by atoms with E-state index in [9.17, 15) is 4.39 Å². The van der Waals surface area contributed by atoms with Crippen LogP contribution in [0.3, 0.4) is 0 Å². The third-order valence-electron chi connectivity index (χ3n) is 3.81. The highest BCUT2D eigenvalue weighted by Gasteiger charge is 2.12. The molecule has 0 aliphatic heterocycles. The van der Waals surface area contributed by atoms with E-state index in [1.165, 1.54) is 12.1 Å². The van der Waals surface area contributed by atoms with Gasteiger partial charge in [-0.05, 0) is 43.1 Å². The van der Waals surface area contributed by atoms with Gasteiger partial charge in [0.2, 0.25) is 0 Å². The Morgan fingerprint density at radius 3 is 2.50 bits per heavy atom. The smallest absolute Gasteiger partial charge is 0.163 e. The van der Waals surface area contributed by atoms with Gasteiger partial charge in [-0.2, -0.15) is 0 Å². The third-order valence-corrected chi connectivity index (χ3v) is 4.51. The Morgan fingerprint density at radius 1 is 1.04 bits per heavy atom. The molecule has 7 heteroatoms. The molecule has 0 aliphatic rings. The van der Waals surface area contributed by atoms with Crippen LogP contribution in [0.2, 0.25) is 10.0 Å². The van der Waals surface area contributed by atoms with E-state index in [1.54, 1.807) is 19.2 Å². The number of halogens is 3. The van der Waals surface area contributed by atoms with E-state index in [-0.39, 0.29) is 13.2 Å². The number of methoxy groups -OCH3 is 1. The first-order valence-electron chi connectivity index (χ1n) is 8.30. The van der Waals surface area contributed by atoms with E-state index in [2.05, 4.69) is 5.32 Å². The van der Waals surface area contributed by atoms with Gasteiger partial charge in [0.1, 0.15) is 12.4 Å². The number of rotatable bonds is 10. The summed E-state index contributed by atoms with van der Waals surface area (Å²) < 4.78 is 24.3. The number of unbranched alkanes of at least 4 members (excludes halogenated alkanes) is 1. The summed E-state index contributed by atoms with van der Waals surface area (Å²) in [7, 11) is 1.55. The molecule has 0 saturated carbocycles. The van der Waals surface area contributed by atoms with Crippen LogP contribution >= 0.6 is 23.2 Å². The van der Waals surface area contributed by atoms with Gasteiger partial charge in [0.05, 0.1) is 12.1 Å². The van der Waals surface area contributed by atoms with Gasteiger partial charge in [-0.3, -0.25) is 0 Å². The Kier molecular flexibility index (Phi) is 8.45. The maximum absolute atomic E-state index is 13.1. The molecule has 0 amide bonds. The van der Waals surface area contributed by atoms with Crippen LogP contribution < -0.4 is 14.8 Å². The van der Waals surface area contributed by atoms with Crippen molar-refractivity contribution in [3.8, 4) is 11.5 Å². The molecule has 0 aliphatic carbocycles. The van der Waals surface area contributed by atoms with Crippen LogP contribution in [0.15, 0.2) is 30.3 Å². The maximum atomic E-state index is 13.1. The minimum Gasteiger partial charge on any atom is -0.493 e. The van der Waals surface area contributed by atoms with Crippen LogP contribution in [0, 0.1) is 5.82 Å². The second-order valence-corrected chi connectivity index (χ2v) is 6.54. The first-order valence-corrected chi connectivity index (χ1v) is 9.05. The molecule has 2 N–H and O–H groups in total. The molecule has 2 aromatic rings. The number of hydrogen-bond acceptors (Lipinski definition) is 4. The molecule has 0 heterocycles. The molecule has 0 spiro atoms. The van der Waals surface area contributed by atoms with E-state index in [4.69, 9.17) is 37.8 Å². The number of nitrogens with one attached hydrogen (secondary N) is 1. The zero-order valence-electron chi connectivity index (χ0n) is 14.5. The van der Waals surface area contributed by atoms with Crippen molar-refractivity contribution in [2.45, 2.75) is 26.0 Å². The van der Waals surface area contributed by atoms with Crippen molar-refractivity contribution < 1.29 is 19.0 Å². The van der Waals surface area contributed by atoms with Crippen LogP contribution in [-0.2, 0) is 13.2 Å². The highest BCUT2D eigenvalue weighted by Crippen LogP contribution is 2.34. The first kappa shape index (κ1) is 20.8. The molecule has 2 rings (SSSR count). The van der Waals surface area contributed by atoms with E-state index < -0.39 is 5.82 Å². The zero-order chi connectivity index (χ0) is 18.9. The van der Waals surface area contributed by atoms with E-state index in [1.807, 2.05) is 6.07 Å². The Bertz CT molecular complexity index is 728. The van der Waals surface area contributed by atoms with Gasteiger partial charge in [0.25, 0.3) is 0 Å². The largest absolute Gasteiger partial charge is 0.493 e. The molecule has 0 atom stereocenters. The Labute approximate surface area is 162 Å². The van der Waals surface area contributed by atoms with Crippen molar-refractivity contribution >= 4 is 23.2 Å². The maximum Gasteiger partial charge on any atom is 0.163 e. The molecule has 0 fully saturated rings. The molecule has 0 aromatic heterocycles. The second kappa shape index (κ2) is 10.6. The van der Waals surface area contributed by atoms with Crippen LogP contribution in [-0.4, -0.2) is 25.4 Å². The quantitative estimate of drug-likeness (QED) is 0.572. The Balaban J connectivity index is 2.03. The summed E-state index contributed by atoms with van der Waals surface area (Å²) in [5.74, 6) is 0.650. The van der Waals surface area contributed by atoms with Gasteiger partial charge in [0.15, 0.2) is 11.5 Å². The summed E-state index contributed by atoms with van der Waals surface area (Å²) >= 11 is 12.4. The van der Waals surface area contributed by atoms with Crippen molar-refractivity contribution in [2.75, 3.05) is 20.3 Å². The number of aliphatic hydroxyl groups is 1. The van der Waals surface area contributed by atoms with E-state index >= 15 is 0 Å². The fourth-order valence-electron chi connectivity index (χ4n) is 2.36. The van der Waals surface area contributed by atoms with E-state index in [0.717, 1.165) is 24.9 Å². The summed E-state index contributed by atoms with van der Waals surface area (Å²) in [5.41, 5.74) is 1.56. The van der Waals surface area contributed by atoms with Crippen molar-refractivity contribution in [1.82, 2.24) is 5.32 Å². The summed E-state index contributed by atoms with van der Waals surface area (Å²) in [4.78, 5) is 0. The molecule has 0 saturated heterocycles. The Morgan fingerprint density at radius 2 is 1.81 bits per heavy atom. The van der Waals surface area contributed by atoms with Gasteiger partial charge in [-0.1, -0.05) is 29.3 Å². The predicted molar refractivity (Wildman–Crippen MR) is 102 cm³/mol. The SMILES string of the molecule is COc1cc(CNCCCCO)c(Cl)cc1OCc1ccc(F)cc1Cl. The van der Waals surface area contributed by atoms with Crippen LogP contribution in [0.1, 0.15) is 24.0 Å². The molecule has 142 valence electrons. The average Bonchev–Trinajstić information content (AvgIpc) is 2.62. The monoisotopic (exact) mass is 401 g/mol. The molecule has 26 heavy (non-hydrogen) atoms. The Hall–Kier alpha value is -1.53. The van der Waals surface area contributed by atoms with E-state index in [0.29, 0.717) is 33.7 Å². The minimum atomic E-state index is -0.393. The van der Waals surface area contributed by atoms with Gasteiger partial charge in [-0.25, -0.2) is 4.39 Å². The lowest BCUT2D eigenvalue weighted by molar-refractivity contribution is 0.283. The van der Waals surface area contributed by atoms with Gasteiger partial charge < -0.3 is 19.9 Å². The van der Waals surface area contributed by atoms with Crippen molar-refractivity contribution in [3.05, 3.63) is 57.3 Å². The van der Waals surface area contributed by atoms with Gasteiger partial charge in [-0.15, -0.1) is 0 Å². The van der Waals surface area contributed by atoms with Crippen LogP contribution in [0.4, 0.5) is 4.39 Å².